The van der Waals surface area contributed by atoms with Crippen molar-refractivity contribution in [1.29, 1.82) is 0 Å². The minimum Gasteiger partial charge on any atom is -0.379 e. The van der Waals surface area contributed by atoms with Crippen LogP contribution in [0.5, 0.6) is 0 Å². The molecule has 0 bridgehead atoms. The second-order valence-corrected chi connectivity index (χ2v) is 9.52. The van der Waals surface area contributed by atoms with Crippen molar-refractivity contribution in [3.05, 3.63) is 0 Å². The quantitative estimate of drug-likeness (QED) is 0.175. The first kappa shape index (κ1) is 28.0. The molecule has 0 aromatic rings. The first-order chi connectivity index (χ1) is 14.8. The summed E-state index contributed by atoms with van der Waals surface area (Å²) in [4.78, 5) is 25.6. The Morgan fingerprint density at radius 2 is 1.87 bits per heavy atom. The van der Waals surface area contributed by atoms with Gasteiger partial charge in [0, 0.05) is 32.3 Å². The number of thiol groups is 1. The Bertz CT molecular complexity index is 578. The van der Waals surface area contributed by atoms with Gasteiger partial charge in [0.15, 0.2) is 0 Å². The van der Waals surface area contributed by atoms with E-state index >= 15 is 0 Å². The van der Waals surface area contributed by atoms with Gasteiger partial charge >= 0.3 is 0 Å². The van der Waals surface area contributed by atoms with Gasteiger partial charge < -0.3 is 25.4 Å². The standard InChI is InChI=1S/C22H44N4O4S/c1-8-10-16(21(30-7)15(4)22(28)24-12-19-25-13-31-19)26-18(27)11-17(29-6)20(23-5)14(3)9-2/h13-17,19-21,23,25,31H,8-12H2,1-7H3,(H,24,28)(H,26,27)/t14?,15-,16+,17?,19?,20+,21-/m1/s1. The van der Waals surface area contributed by atoms with Crippen LogP contribution in [-0.4, -0.2) is 74.8 Å². The zero-order chi connectivity index (χ0) is 23.4. The largest absolute Gasteiger partial charge is 0.379 e. The van der Waals surface area contributed by atoms with E-state index in [1.165, 1.54) is 11.4 Å². The highest BCUT2D eigenvalue weighted by Crippen LogP contribution is 2.19. The number of nitrogens with one attached hydrogen (secondary N) is 4. The van der Waals surface area contributed by atoms with Crippen molar-refractivity contribution in [1.82, 2.24) is 21.3 Å². The van der Waals surface area contributed by atoms with Crippen molar-refractivity contribution < 1.29 is 19.1 Å². The normalized spacial score (nSPS) is 21.6. The van der Waals surface area contributed by atoms with Gasteiger partial charge in [-0.3, -0.25) is 14.9 Å². The van der Waals surface area contributed by atoms with E-state index in [1.54, 1.807) is 14.2 Å². The second-order valence-electron chi connectivity index (χ2n) is 8.34. The van der Waals surface area contributed by atoms with Crippen LogP contribution < -0.4 is 21.3 Å². The number of ether oxygens (including phenoxy) is 2. The summed E-state index contributed by atoms with van der Waals surface area (Å²) in [6, 6.07) is -0.157. The molecule has 7 atom stereocenters. The SMILES string of the molecule is CCC[C@H](NC(=O)CC(OC)[C@@H](NC)C(C)CC)[C@H](OC)[C@@H](C)C(=O)NCC1NC=[SH]1. The number of amides is 2. The molecule has 0 aromatic carbocycles. The van der Waals surface area contributed by atoms with Crippen molar-refractivity contribution in [3.8, 4) is 0 Å². The fourth-order valence-corrected chi connectivity index (χ4v) is 4.60. The van der Waals surface area contributed by atoms with Crippen LogP contribution in [-0.2, 0) is 19.1 Å². The van der Waals surface area contributed by atoms with Gasteiger partial charge in [0.05, 0.1) is 36.0 Å². The lowest BCUT2D eigenvalue weighted by molar-refractivity contribution is -0.133. The van der Waals surface area contributed by atoms with Crippen LogP contribution in [0.25, 0.3) is 0 Å². The Balaban J connectivity index is 2.76. The monoisotopic (exact) mass is 460 g/mol. The van der Waals surface area contributed by atoms with Gasteiger partial charge in [-0.25, -0.2) is 0 Å². The summed E-state index contributed by atoms with van der Waals surface area (Å²) in [7, 11) is 5.15. The number of carbonyl (C=O) groups is 2. The molecular formula is C22H44N4O4S. The van der Waals surface area contributed by atoms with Crippen molar-refractivity contribution in [2.75, 3.05) is 27.8 Å². The van der Waals surface area contributed by atoms with E-state index in [2.05, 4.69) is 42.0 Å². The molecule has 0 spiro atoms. The van der Waals surface area contributed by atoms with Gasteiger partial charge in [-0.1, -0.05) is 40.5 Å². The molecule has 9 heteroatoms. The average Bonchev–Trinajstić information content (AvgIpc) is 2.72. The molecule has 2 amide bonds. The second kappa shape index (κ2) is 14.9. The molecule has 3 unspecified atom stereocenters. The maximum absolute atomic E-state index is 12.9. The maximum atomic E-state index is 12.9. The lowest BCUT2D eigenvalue weighted by Gasteiger charge is -2.33. The molecule has 0 aromatic heterocycles. The van der Waals surface area contributed by atoms with Gasteiger partial charge in [-0.15, -0.1) is 0 Å². The molecule has 0 radical (unpaired) electrons. The van der Waals surface area contributed by atoms with E-state index in [4.69, 9.17) is 9.47 Å². The summed E-state index contributed by atoms with van der Waals surface area (Å²) < 4.78 is 11.4. The number of rotatable bonds is 16. The Morgan fingerprint density at radius 1 is 1.19 bits per heavy atom. The highest BCUT2D eigenvalue weighted by Gasteiger charge is 2.33. The number of hydrogen-bond acceptors (Lipinski definition) is 6. The molecule has 1 heterocycles. The molecule has 0 fully saturated rings. The van der Waals surface area contributed by atoms with E-state index in [9.17, 15) is 9.59 Å². The molecule has 1 aliphatic heterocycles. The molecule has 8 nitrogen and oxygen atoms in total. The van der Waals surface area contributed by atoms with E-state index in [0.717, 1.165) is 19.3 Å². The minimum atomic E-state index is -0.405. The summed E-state index contributed by atoms with van der Waals surface area (Å²) >= 11 is 1.19. The lowest BCUT2D eigenvalue weighted by atomic mass is 9.91. The highest BCUT2D eigenvalue weighted by atomic mass is 32.1. The molecular weight excluding hydrogens is 416 g/mol. The van der Waals surface area contributed by atoms with Crippen LogP contribution in [0.1, 0.15) is 53.4 Å². The Kier molecular flexibility index (Phi) is 13.5. The molecule has 4 N–H and O–H groups in total. The molecule has 0 saturated heterocycles. The predicted octanol–water partition coefficient (Wildman–Crippen LogP) is 1.23. The van der Waals surface area contributed by atoms with Gasteiger partial charge in [0.2, 0.25) is 11.8 Å². The Hall–Kier alpha value is -1.00. The van der Waals surface area contributed by atoms with Gasteiger partial charge in [-0.2, -0.15) is 11.4 Å². The Labute approximate surface area is 191 Å². The zero-order valence-electron chi connectivity index (χ0n) is 20.2. The Morgan fingerprint density at radius 3 is 2.32 bits per heavy atom. The topological polar surface area (TPSA) is 101 Å². The van der Waals surface area contributed by atoms with Gasteiger partial charge in [0.25, 0.3) is 0 Å². The molecule has 182 valence electrons. The molecule has 1 aliphatic rings. The van der Waals surface area contributed by atoms with Gasteiger partial charge in [-0.05, 0) is 19.4 Å². The van der Waals surface area contributed by atoms with E-state index in [1.807, 2.05) is 19.5 Å². The summed E-state index contributed by atoms with van der Waals surface area (Å²) in [6.07, 6.45) is 2.23. The average molecular weight is 461 g/mol. The van der Waals surface area contributed by atoms with Crippen molar-refractivity contribution in [2.45, 2.75) is 83.0 Å². The van der Waals surface area contributed by atoms with Crippen LogP contribution in [0.3, 0.4) is 0 Å². The third-order valence-corrected chi connectivity index (χ3v) is 7.18. The highest BCUT2D eigenvalue weighted by molar-refractivity contribution is 7.99. The number of methoxy groups -OCH3 is 2. The fourth-order valence-electron chi connectivity index (χ4n) is 4.04. The van der Waals surface area contributed by atoms with Crippen molar-refractivity contribution in [2.24, 2.45) is 11.8 Å². The van der Waals surface area contributed by atoms with E-state index in [0.29, 0.717) is 12.5 Å². The van der Waals surface area contributed by atoms with Crippen LogP contribution in [0.15, 0.2) is 0 Å². The first-order valence-corrected chi connectivity index (χ1v) is 12.4. The summed E-state index contributed by atoms with van der Waals surface area (Å²) in [5.41, 5.74) is 1.96. The first-order valence-electron chi connectivity index (χ1n) is 11.4. The zero-order valence-corrected chi connectivity index (χ0v) is 21.1. The van der Waals surface area contributed by atoms with E-state index in [-0.39, 0.29) is 47.7 Å². The predicted molar refractivity (Wildman–Crippen MR) is 129 cm³/mol. The lowest BCUT2D eigenvalue weighted by Crippen LogP contribution is -2.53. The van der Waals surface area contributed by atoms with Crippen LogP contribution in [0, 0.1) is 11.8 Å². The third kappa shape index (κ3) is 8.81. The molecule has 1 rings (SSSR count). The number of carbonyl (C=O) groups excluding carboxylic acids is 2. The maximum Gasteiger partial charge on any atom is 0.225 e. The van der Waals surface area contributed by atoms with Crippen LogP contribution >= 0.6 is 11.4 Å². The van der Waals surface area contributed by atoms with Crippen molar-refractivity contribution >= 4 is 28.7 Å². The number of likely N-dealkylation sites (N-methyl/N-ethyl adjacent to an activating group) is 1. The molecule has 31 heavy (non-hydrogen) atoms. The molecule has 0 aliphatic carbocycles. The minimum absolute atomic E-state index is 0.0621. The van der Waals surface area contributed by atoms with E-state index < -0.39 is 6.10 Å². The summed E-state index contributed by atoms with van der Waals surface area (Å²) in [5.74, 6) is -0.151. The molecule has 0 saturated carbocycles. The van der Waals surface area contributed by atoms with Gasteiger partial charge in [0.1, 0.15) is 0 Å². The summed E-state index contributed by atoms with van der Waals surface area (Å²) in [5, 5.41) is 12.8. The smallest absolute Gasteiger partial charge is 0.225 e. The summed E-state index contributed by atoms with van der Waals surface area (Å²) in [6.45, 7) is 8.79. The third-order valence-electron chi connectivity index (χ3n) is 6.19. The van der Waals surface area contributed by atoms with Crippen LogP contribution in [0.2, 0.25) is 0 Å². The fraction of sp³-hybridized carbons (Fsp3) is 0.864. The van der Waals surface area contributed by atoms with Crippen molar-refractivity contribution in [3.63, 3.8) is 0 Å². The number of hydrogen-bond donors (Lipinski definition) is 5. The van der Waals surface area contributed by atoms with Crippen LogP contribution in [0.4, 0.5) is 0 Å².